The summed E-state index contributed by atoms with van der Waals surface area (Å²) in [6.07, 6.45) is 1.54. The largest absolute Gasteiger partial charge is 0.326 e. The van der Waals surface area contributed by atoms with Crippen molar-refractivity contribution in [1.29, 1.82) is 0 Å². The van der Waals surface area contributed by atoms with E-state index < -0.39 is 0 Å². The summed E-state index contributed by atoms with van der Waals surface area (Å²) in [7, 11) is 0. The molecule has 3 nitrogen and oxygen atoms in total. The Kier molecular flexibility index (Phi) is 4.76. The van der Waals surface area contributed by atoms with Crippen molar-refractivity contribution in [1.82, 2.24) is 5.32 Å². The second-order valence-electron chi connectivity index (χ2n) is 5.66. The number of rotatable bonds is 4. The van der Waals surface area contributed by atoms with Crippen molar-refractivity contribution in [3.8, 4) is 0 Å². The second kappa shape index (κ2) is 6.95. The van der Waals surface area contributed by atoms with Crippen LogP contribution in [-0.4, -0.2) is 19.0 Å². The lowest BCUT2D eigenvalue weighted by molar-refractivity contribution is -0.115. The van der Waals surface area contributed by atoms with Crippen LogP contribution in [0.15, 0.2) is 48.5 Å². The standard InChI is InChI=1S/C18H19ClN2O/c19-16-5-1-13(2-6-16)11-18(22)21-17-7-3-14(4-8-17)15-9-10-20-12-15/h1-8,15,20H,9-12H2,(H,21,22)/t15-/m0/s1. The van der Waals surface area contributed by atoms with E-state index in [0.717, 1.165) is 24.3 Å². The van der Waals surface area contributed by atoms with Crippen LogP contribution < -0.4 is 10.6 Å². The summed E-state index contributed by atoms with van der Waals surface area (Å²) >= 11 is 5.84. The van der Waals surface area contributed by atoms with E-state index in [0.29, 0.717) is 17.4 Å². The number of anilines is 1. The van der Waals surface area contributed by atoms with Gasteiger partial charge in [-0.2, -0.15) is 0 Å². The topological polar surface area (TPSA) is 41.1 Å². The number of carbonyl (C=O) groups excluding carboxylic acids is 1. The first-order chi connectivity index (χ1) is 10.7. The summed E-state index contributed by atoms with van der Waals surface area (Å²) < 4.78 is 0. The third-order valence-corrected chi connectivity index (χ3v) is 4.26. The van der Waals surface area contributed by atoms with E-state index in [1.54, 1.807) is 12.1 Å². The number of benzene rings is 2. The van der Waals surface area contributed by atoms with Gasteiger partial charge in [-0.1, -0.05) is 35.9 Å². The predicted octanol–water partition coefficient (Wildman–Crippen LogP) is 3.60. The molecule has 2 aromatic rings. The van der Waals surface area contributed by atoms with Crippen LogP contribution in [0, 0.1) is 0 Å². The molecule has 22 heavy (non-hydrogen) atoms. The molecule has 0 unspecified atom stereocenters. The normalized spacial score (nSPS) is 17.4. The van der Waals surface area contributed by atoms with E-state index >= 15 is 0 Å². The average molecular weight is 315 g/mol. The summed E-state index contributed by atoms with van der Waals surface area (Å²) in [5.74, 6) is 0.580. The number of amides is 1. The molecule has 1 saturated heterocycles. The molecule has 3 rings (SSSR count). The minimum Gasteiger partial charge on any atom is -0.326 e. The minimum absolute atomic E-state index is 0.0161. The van der Waals surface area contributed by atoms with Crippen LogP contribution in [0.25, 0.3) is 0 Å². The van der Waals surface area contributed by atoms with Crippen LogP contribution in [0.4, 0.5) is 5.69 Å². The summed E-state index contributed by atoms with van der Waals surface area (Å²) in [6.45, 7) is 2.13. The molecule has 0 aromatic heterocycles. The maximum Gasteiger partial charge on any atom is 0.228 e. The third-order valence-electron chi connectivity index (χ3n) is 4.00. The molecule has 1 heterocycles. The molecule has 0 radical (unpaired) electrons. The highest BCUT2D eigenvalue weighted by Crippen LogP contribution is 2.23. The van der Waals surface area contributed by atoms with Crippen molar-refractivity contribution in [2.45, 2.75) is 18.8 Å². The predicted molar refractivity (Wildman–Crippen MR) is 90.5 cm³/mol. The lowest BCUT2D eigenvalue weighted by Crippen LogP contribution is -2.14. The fraction of sp³-hybridized carbons (Fsp3) is 0.278. The average Bonchev–Trinajstić information content (AvgIpc) is 3.05. The van der Waals surface area contributed by atoms with E-state index in [2.05, 4.69) is 22.8 Å². The van der Waals surface area contributed by atoms with Gasteiger partial charge in [0.2, 0.25) is 5.91 Å². The number of hydrogen-bond acceptors (Lipinski definition) is 2. The Balaban J connectivity index is 1.57. The fourth-order valence-corrected chi connectivity index (χ4v) is 2.90. The quantitative estimate of drug-likeness (QED) is 0.905. The molecule has 1 aliphatic rings. The van der Waals surface area contributed by atoms with Gasteiger partial charge in [0.15, 0.2) is 0 Å². The molecule has 1 atom stereocenters. The van der Waals surface area contributed by atoms with Gasteiger partial charge >= 0.3 is 0 Å². The van der Waals surface area contributed by atoms with E-state index in [9.17, 15) is 4.79 Å². The Morgan fingerprint density at radius 2 is 1.86 bits per heavy atom. The fourth-order valence-electron chi connectivity index (χ4n) is 2.77. The third kappa shape index (κ3) is 3.87. The molecule has 1 amide bonds. The summed E-state index contributed by atoms with van der Waals surface area (Å²) in [5.41, 5.74) is 3.13. The van der Waals surface area contributed by atoms with Gasteiger partial charge < -0.3 is 10.6 Å². The van der Waals surface area contributed by atoms with E-state index in [1.165, 1.54) is 12.0 Å². The summed E-state index contributed by atoms with van der Waals surface area (Å²) in [6, 6.07) is 15.5. The molecule has 1 fully saturated rings. The molecule has 0 spiro atoms. The number of nitrogens with one attached hydrogen (secondary N) is 2. The maximum absolute atomic E-state index is 12.1. The van der Waals surface area contributed by atoms with Crippen molar-refractivity contribution in [2.24, 2.45) is 0 Å². The van der Waals surface area contributed by atoms with Crippen molar-refractivity contribution in [3.63, 3.8) is 0 Å². The van der Waals surface area contributed by atoms with Gasteiger partial charge in [-0.25, -0.2) is 0 Å². The van der Waals surface area contributed by atoms with Crippen LogP contribution in [0.3, 0.4) is 0 Å². The molecule has 2 N–H and O–H groups in total. The highest BCUT2D eigenvalue weighted by atomic mass is 35.5. The molecule has 0 aliphatic carbocycles. The zero-order chi connectivity index (χ0) is 15.4. The Morgan fingerprint density at radius 1 is 1.14 bits per heavy atom. The van der Waals surface area contributed by atoms with E-state index in [1.807, 2.05) is 24.3 Å². The van der Waals surface area contributed by atoms with Gasteiger partial charge in [-0.05, 0) is 54.3 Å². The number of halogens is 1. The Labute approximate surface area is 135 Å². The summed E-state index contributed by atoms with van der Waals surface area (Å²) in [5, 5.41) is 6.99. The monoisotopic (exact) mass is 314 g/mol. The molecule has 114 valence electrons. The number of carbonyl (C=O) groups is 1. The molecular formula is C18H19ClN2O. The van der Waals surface area contributed by atoms with Gasteiger partial charge in [-0.3, -0.25) is 4.79 Å². The molecule has 1 aliphatic heterocycles. The molecule has 0 bridgehead atoms. The van der Waals surface area contributed by atoms with Crippen molar-refractivity contribution in [2.75, 3.05) is 18.4 Å². The van der Waals surface area contributed by atoms with Gasteiger partial charge in [-0.15, -0.1) is 0 Å². The molecule has 4 heteroatoms. The highest BCUT2D eigenvalue weighted by molar-refractivity contribution is 6.30. The lowest BCUT2D eigenvalue weighted by atomic mass is 9.98. The Morgan fingerprint density at radius 3 is 2.50 bits per heavy atom. The molecule has 0 saturated carbocycles. The van der Waals surface area contributed by atoms with Crippen LogP contribution in [-0.2, 0) is 11.2 Å². The lowest BCUT2D eigenvalue weighted by Gasteiger charge is -2.10. The summed E-state index contributed by atoms with van der Waals surface area (Å²) in [4.78, 5) is 12.1. The zero-order valence-electron chi connectivity index (χ0n) is 12.3. The maximum atomic E-state index is 12.1. The molecule has 2 aromatic carbocycles. The first kappa shape index (κ1) is 15.1. The van der Waals surface area contributed by atoms with E-state index in [-0.39, 0.29) is 5.91 Å². The van der Waals surface area contributed by atoms with Crippen LogP contribution in [0.5, 0.6) is 0 Å². The first-order valence-corrected chi connectivity index (χ1v) is 7.93. The van der Waals surface area contributed by atoms with Crippen LogP contribution in [0.2, 0.25) is 5.02 Å². The van der Waals surface area contributed by atoms with Crippen LogP contribution >= 0.6 is 11.6 Å². The van der Waals surface area contributed by atoms with Gasteiger partial charge in [0, 0.05) is 17.3 Å². The minimum atomic E-state index is -0.0161. The second-order valence-corrected chi connectivity index (χ2v) is 6.10. The van der Waals surface area contributed by atoms with E-state index in [4.69, 9.17) is 11.6 Å². The van der Waals surface area contributed by atoms with Crippen molar-refractivity contribution >= 4 is 23.2 Å². The molecular weight excluding hydrogens is 296 g/mol. The SMILES string of the molecule is O=C(Cc1ccc(Cl)cc1)Nc1ccc([C@H]2CCNC2)cc1. The van der Waals surface area contributed by atoms with Gasteiger partial charge in [0.1, 0.15) is 0 Å². The highest BCUT2D eigenvalue weighted by Gasteiger charge is 2.16. The Bertz CT molecular complexity index is 631. The van der Waals surface area contributed by atoms with Gasteiger partial charge in [0.25, 0.3) is 0 Å². The van der Waals surface area contributed by atoms with Gasteiger partial charge in [0.05, 0.1) is 6.42 Å². The van der Waals surface area contributed by atoms with Crippen molar-refractivity contribution < 1.29 is 4.79 Å². The Hall–Kier alpha value is -1.84. The van der Waals surface area contributed by atoms with Crippen LogP contribution in [0.1, 0.15) is 23.5 Å². The van der Waals surface area contributed by atoms with Crippen molar-refractivity contribution in [3.05, 3.63) is 64.7 Å². The zero-order valence-corrected chi connectivity index (χ0v) is 13.1. The first-order valence-electron chi connectivity index (χ1n) is 7.56. The smallest absolute Gasteiger partial charge is 0.228 e. The number of hydrogen-bond donors (Lipinski definition) is 2.